The van der Waals surface area contributed by atoms with Crippen LogP contribution in [-0.4, -0.2) is 34.0 Å². The van der Waals surface area contributed by atoms with Crippen molar-refractivity contribution >= 4 is 5.97 Å². The molecule has 0 aliphatic carbocycles. The quantitative estimate of drug-likeness (QED) is 0.859. The summed E-state index contributed by atoms with van der Waals surface area (Å²) < 4.78 is 11.1. The van der Waals surface area contributed by atoms with Crippen molar-refractivity contribution in [2.75, 3.05) is 6.61 Å². The van der Waals surface area contributed by atoms with Gasteiger partial charge in [-0.2, -0.15) is 0 Å². The molecule has 1 N–H and O–H groups in total. The molecule has 2 rings (SSSR count). The topological polar surface area (TPSA) is 85.5 Å². The molecule has 0 radical (unpaired) electrons. The van der Waals surface area contributed by atoms with E-state index >= 15 is 0 Å². The summed E-state index contributed by atoms with van der Waals surface area (Å²) in [6.07, 6.45) is 1.62. The normalized spacial score (nSPS) is 25.2. The largest absolute Gasteiger partial charge is 0.481 e. The summed E-state index contributed by atoms with van der Waals surface area (Å²) >= 11 is 0. The summed E-state index contributed by atoms with van der Waals surface area (Å²) in [5, 5.41) is 16.7. The second-order valence-electron chi connectivity index (χ2n) is 4.91. The first-order valence-corrected chi connectivity index (χ1v) is 6.22. The molecule has 1 aromatic heterocycles. The molecule has 1 aliphatic heterocycles. The van der Waals surface area contributed by atoms with Gasteiger partial charge in [-0.05, 0) is 19.3 Å². The lowest BCUT2D eigenvalue weighted by molar-refractivity contribution is -0.137. The van der Waals surface area contributed by atoms with Gasteiger partial charge in [0.1, 0.15) is 0 Å². The molecule has 1 fully saturated rings. The van der Waals surface area contributed by atoms with Gasteiger partial charge in [-0.15, -0.1) is 10.2 Å². The second kappa shape index (κ2) is 5.48. The highest BCUT2D eigenvalue weighted by Gasteiger charge is 2.30. The van der Waals surface area contributed by atoms with Crippen molar-refractivity contribution in [1.82, 2.24) is 10.2 Å². The predicted molar refractivity (Wildman–Crippen MR) is 62.2 cm³/mol. The van der Waals surface area contributed by atoms with Crippen LogP contribution >= 0.6 is 0 Å². The van der Waals surface area contributed by atoms with Crippen LogP contribution in [0.2, 0.25) is 0 Å². The third-order valence-electron chi connectivity index (χ3n) is 3.22. The van der Waals surface area contributed by atoms with Crippen LogP contribution in [0, 0.1) is 5.92 Å². The molecule has 0 saturated carbocycles. The number of hydrogen-bond acceptors (Lipinski definition) is 5. The van der Waals surface area contributed by atoms with Crippen molar-refractivity contribution in [3.05, 3.63) is 11.8 Å². The number of carbonyl (C=O) groups is 1. The summed E-state index contributed by atoms with van der Waals surface area (Å²) in [7, 11) is 0. The Morgan fingerprint density at radius 1 is 1.56 bits per heavy atom. The lowest BCUT2D eigenvalue weighted by Gasteiger charge is -2.08. The van der Waals surface area contributed by atoms with E-state index < -0.39 is 5.97 Å². The molecule has 3 unspecified atom stereocenters. The Morgan fingerprint density at radius 2 is 2.33 bits per heavy atom. The van der Waals surface area contributed by atoms with Crippen LogP contribution in [0.3, 0.4) is 0 Å². The predicted octanol–water partition coefficient (Wildman–Crippen LogP) is 1.62. The Balaban J connectivity index is 1.95. The highest BCUT2D eigenvalue weighted by Crippen LogP contribution is 2.30. The van der Waals surface area contributed by atoms with E-state index in [-0.39, 0.29) is 24.4 Å². The van der Waals surface area contributed by atoms with Gasteiger partial charge in [-0.1, -0.05) is 6.92 Å². The molecule has 6 nitrogen and oxygen atoms in total. The number of rotatable bonds is 5. The minimum atomic E-state index is -0.806. The van der Waals surface area contributed by atoms with Crippen molar-refractivity contribution in [3.8, 4) is 0 Å². The Morgan fingerprint density at radius 3 is 2.94 bits per heavy atom. The summed E-state index contributed by atoms with van der Waals surface area (Å²) in [5.41, 5.74) is 0. The van der Waals surface area contributed by atoms with Gasteiger partial charge in [-0.3, -0.25) is 4.79 Å². The fraction of sp³-hybridized carbons (Fsp3) is 0.750. The maximum absolute atomic E-state index is 10.6. The minimum absolute atomic E-state index is 0.00643. The first-order valence-electron chi connectivity index (χ1n) is 6.22. The number of nitrogens with zero attached hydrogens (tertiary/aromatic N) is 2. The van der Waals surface area contributed by atoms with Crippen LogP contribution in [0.15, 0.2) is 4.42 Å². The van der Waals surface area contributed by atoms with E-state index in [0.29, 0.717) is 18.2 Å². The molecule has 0 bridgehead atoms. The molecule has 0 aromatic carbocycles. The molecular weight excluding hydrogens is 236 g/mol. The molecule has 1 aromatic rings. The Hall–Kier alpha value is -1.43. The number of aromatic nitrogens is 2. The standard InChI is InChI=1S/C12H18N2O4/c1-7(6-11(15)16)5-10-13-14-12(18-10)9-3-4-17-8(9)2/h7-9H,3-6H2,1-2H3,(H,15,16). The highest BCUT2D eigenvalue weighted by atomic mass is 16.5. The van der Waals surface area contributed by atoms with Crippen LogP contribution < -0.4 is 0 Å². The molecule has 0 amide bonds. The lowest BCUT2D eigenvalue weighted by Crippen LogP contribution is -2.09. The van der Waals surface area contributed by atoms with E-state index in [1.165, 1.54) is 0 Å². The molecule has 3 atom stereocenters. The van der Waals surface area contributed by atoms with Crippen LogP contribution in [0.5, 0.6) is 0 Å². The minimum Gasteiger partial charge on any atom is -0.481 e. The number of carboxylic acid groups (broad SMARTS) is 1. The van der Waals surface area contributed by atoms with Gasteiger partial charge < -0.3 is 14.3 Å². The number of carboxylic acids is 1. The Labute approximate surface area is 105 Å². The number of hydrogen-bond donors (Lipinski definition) is 1. The van der Waals surface area contributed by atoms with Crippen LogP contribution in [-0.2, 0) is 16.0 Å². The van der Waals surface area contributed by atoms with Crippen LogP contribution in [0.1, 0.15) is 44.4 Å². The van der Waals surface area contributed by atoms with E-state index in [2.05, 4.69) is 10.2 Å². The summed E-state index contributed by atoms with van der Waals surface area (Å²) in [6.45, 7) is 4.58. The molecule has 1 saturated heterocycles. The molecular formula is C12H18N2O4. The first-order chi connectivity index (χ1) is 8.56. The van der Waals surface area contributed by atoms with Crippen molar-refractivity contribution in [2.45, 2.75) is 45.1 Å². The molecule has 6 heteroatoms. The molecule has 0 spiro atoms. The van der Waals surface area contributed by atoms with Crippen LogP contribution in [0.25, 0.3) is 0 Å². The van der Waals surface area contributed by atoms with Crippen molar-refractivity contribution < 1.29 is 19.1 Å². The van der Waals surface area contributed by atoms with Gasteiger partial charge in [0, 0.05) is 19.4 Å². The first kappa shape index (κ1) is 13.0. The summed E-state index contributed by atoms with van der Waals surface area (Å²) in [5.74, 6) is 0.476. The van der Waals surface area contributed by atoms with E-state index in [1.807, 2.05) is 13.8 Å². The third-order valence-corrected chi connectivity index (χ3v) is 3.22. The average Bonchev–Trinajstić information content (AvgIpc) is 2.85. The smallest absolute Gasteiger partial charge is 0.303 e. The maximum Gasteiger partial charge on any atom is 0.303 e. The second-order valence-corrected chi connectivity index (χ2v) is 4.91. The SMILES string of the molecule is CC(CC(=O)O)Cc1nnc(C2CCOC2C)o1. The number of ether oxygens (including phenoxy) is 1. The molecule has 2 heterocycles. The van der Waals surface area contributed by atoms with Gasteiger partial charge >= 0.3 is 5.97 Å². The van der Waals surface area contributed by atoms with Crippen LogP contribution in [0.4, 0.5) is 0 Å². The van der Waals surface area contributed by atoms with Crippen molar-refractivity contribution in [1.29, 1.82) is 0 Å². The lowest BCUT2D eigenvalue weighted by atomic mass is 10.0. The zero-order valence-electron chi connectivity index (χ0n) is 10.6. The maximum atomic E-state index is 10.6. The third kappa shape index (κ3) is 3.07. The van der Waals surface area contributed by atoms with Gasteiger partial charge in [0.2, 0.25) is 11.8 Å². The fourth-order valence-electron chi connectivity index (χ4n) is 2.22. The molecule has 1 aliphatic rings. The van der Waals surface area contributed by atoms with Gasteiger partial charge in [0.05, 0.1) is 12.0 Å². The van der Waals surface area contributed by atoms with E-state index in [9.17, 15) is 4.79 Å². The molecule has 18 heavy (non-hydrogen) atoms. The van der Waals surface area contributed by atoms with E-state index in [1.54, 1.807) is 0 Å². The summed E-state index contributed by atoms with van der Waals surface area (Å²) in [6, 6.07) is 0. The van der Waals surface area contributed by atoms with E-state index in [4.69, 9.17) is 14.3 Å². The monoisotopic (exact) mass is 254 g/mol. The highest BCUT2D eigenvalue weighted by molar-refractivity contribution is 5.66. The Bertz CT molecular complexity index is 418. The average molecular weight is 254 g/mol. The van der Waals surface area contributed by atoms with E-state index in [0.717, 1.165) is 13.0 Å². The van der Waals surface area contributed by atoms with Gasteiger partial charge in [0.15, 0.2) is 0 Å². The van der Waals surface area contributed by atoms with Crippen molar-refractivity contribution in [3.63, 3.8) is 0 Å². The number of aliphatic carboxylic acids is 1. The van der Waals surface area contributed by atoms with Gasteiger partial charge in [0.25, 0.3) is 0 Å². The fourth-order valence-corrected chi connectivity index (χ4v) is 2.22. The summed E-state index contributed by atoms with van der Waals surface area (Å²) in [4.78, 5) is 10.6. The Kier molecular flexibility index (Phi) is 3.96. The van der Waals surface area contributed by atoms with Gasteiger partial charge in [-0.25, -0.2) is 0 Å². The van der Waals surface area contributed by atoms with Crippen molar-refractivity contribution in [2.24, 2.45) is 5.92 Å². The molecule has 100 valence electrons. The zero-order valence-corrected chi connectivity index (χ0v) is 10.6. The zero-order chi connectivity index (χ0) is 13.1.